The van der Waals surface area contributed by atoms with Crippen LogP contribution in [-0.2, 0) is 0 Å². The van der Waals surface area contributed by atoms with Gasteiger partial charge >= 0.3 is 0 Å². The fourth-order valence-corrected chi connectivity index (χ4v) is 8.40. The molecule has 7 unspecified atom stereocenters. The van der Waals surface area contributed by atoms with Crippen molar-refractivity contribution in [3.63, 3.8) is 0 Å². The average molecular weight is 466 g/mol. The highest BCUT2D eigenvalue weighted by Gasteiger charge is 2.56. The molecule has 0 amide bonds. The summed E-state index contributed by atoms with van der Waals surface area (Å²) < 4.78 is 0. The van der Waals surface area contributed by atoms with Crippen LogP contribution in [0.1, 0.15) is 52.9 Å². The van der Waals surface area contributed by atoms with E-state index in [0.717, 1.165) is 29.6 Å². The second-order valence-electron chi connectivity index (χ2n) is 9.82. The molecule has 5 aliphatic carbocycles. The molecule has 0 aliphatic heterocycles. The third kappa shape index (κ3) is 2.42. The fourth-order valence-electron chi connectivity index (χ4n) is 7.28. The first-order valence-corrected chi connectivity index (χ1v) is 12.1. The number of allylic oxidation sites excluding steroid dienone is 6. The van der Waals surface area contributed by atoms with E-state index in [1.165, 1.54) is 32.1 Å². The van der Waals surface area contributed by atoms with Crippen molar-refractivity contribution < 1.29 is 0 Å². The van der Waals surface area contributed by atoms with Crippen molar-refractivity contribution >= 4 is 31.9 Å². The second kappa shape index (κ2) is 5.84. The summed E-state index contributed by atoms with van der Waals surface area (Å²) in [5, 5.41) is 0. The Bertz CT molecular complexity index is 682. The Morgan fingerprint density at radius 3 is 2.24 bits per heavy atom. The third-order valence-corrected chi connectivity index (χ3v) is 9.92. The van der Waals surface area contributed by atoms with E-state index < -0.39 is 0 Å². The van der Waals surface area contributed by atoms with E-state index in [1.54, 1.807) is 11.1 Å². The summed E-state index contributed by atoms with van der Waals surface area (Å²) in [7, 11) is 0. The minimum atomic E-state index is 0.381. The van der Waals surface area contributed by atoms with E-state index in [-0.39, 0.29) is 0 Å². The number of halogens is 2. The van der Waals surface area contributed by atoms with Gasteiger partial charge in [0.1, 0.15) is 0 Å². The van der Waals surface area contributed by atoms with Crippen LogP contribution in [0.25, 0.3) is 0 Å². The first-order chi connectivity index (χ1) is 11.9. The summed E-state index contributed by atoms with van der Waals surface area (Å²) in [5.41, 5.74) is 5.74. The zero-order chi connectivity index (χ0) is 17.5. The monoisotopic (exact) mass is 464 g/mol. The Labute approximate surface area is 169 Å². The smallest absolute Gasteiger partial charge is 0.0328 e. The quantitative estimate of drug-likeness (QED) is 0.265. The zero-order valence-electron chi connectivity index (χ0n) is 15.6. The molecule has 136 valence electrons. The molecule has 2 fully saturated rings. The van der Waals surface area contributed by atoms with Gasteiger partial charge in [0.2, 0.25) is 0 Å². The molecule has 2 saturated carbocycles. The molecule has 0 bridgehead atoms. The van der Waals surface area contributed by atoms with Gasteiger partial charge in [0.15, 0.2) is 0 Å². The van der Waals surface area contributed by atoms with E-state index in [1.807, 2.05) is 5.57 Å². The van der Waals surface area contributed by atoms with Crippen LogP contribution in [0.3, 0.4) is 0 Å². The molecule has 0 spiro atoms. The molecule has 5 aliphatic rings. The van der Waals surface area contributed by atoms with Gasteiger partial charge in [0.05, 0.1) is 0 Å². The maximum absolute atomic E-state index is 3.88. The summed E-state index contributed by atoms with van der Waals surface area (Å²) in [4.78, 5) is 1.22. The lowest BCUT2D eigenvalue weighted by Crippen LogP contribution is -2.31. The standard InChI is InChI=1S/C23H30Br2/c1-12-17-8-13(24)4-6-15(17)19-11-22-20(10-18(12)19)16-7-5-14(25)9-21(16)23(22,2)3/h8-10,12-16,19-20,22H,4-7,11H2,1-3H3/t12?,13?,14?,15?,16?,19-,20?,22?/m1/s1. The van der Waals surface area contributed by atoms with Crippen LogP contribution in [0.2, 0.25) is 0 Å². The van der Waals surface area contributed by atoms with Crippen molar-refractivity contribution in [3.05, 3.63) is 34.9 Å². The molecule has 0 nitrogen and oxygen atoms in total. The SMILES string of the molecule is CC1C2=CC(Br)CCC2[C@H]2CC3C(C=C12)C1CCC(Br)C=C1C3(C)C. The van der Waals surface area contributed by atoms with Crippen molar-refractivity contribution in [1.82, 2.24) is 0 Å². The van der Waals surface area contributed by atoms with Crippen molar-refractivity contribution in [2.24, 2.45) is 40.9 Å². The zero-order valence-corrected chi connectivity index (χ0v) is 18.8. The molecule has 0 aromatic carbocycles. The van der Waals surface area contributed by atoms with Gasteiger partial charge < -0.3 is 0 Å². The maximum Gasteiger partial charge on any atom is 0.0328 e. The lowest BCUT2D eigenvalue weighted by atomic mass is 9.66. The normalized spacial score (nSPS) is 50.0. The topological polar surface area (TPSA) is 0 Å². The van der Waals surface area contributed by atoms with Gasteiger partial charge in [-0.1, -0.05) is 87.6 Å². The summed E-state index contributed by atoms with van der Waals surface area (Å²) in [6.07, 6.45) is 14.8. The minimum Gasteiger partial charge on any atom is -0.0845 e. The fraction of sp³-hybridized carbons (Fsp3) is 0.739. The number of hydrogen-bond acceptors (Lipinski definition) is 0. The van der Waals surface area contributed by atoms with Crippen molar-refractivity contribution in [2.45, 2.75) is 62.5 Å². The van der Waals surface area contributed by atoms with Crippen molar-refractivity contribution in [3.8, 4) is 0 Å². The predicted octanol–water partition coefficient (Wildman–Crippen LogP) is 7.05. The summed E-state index contributed by atoms with van der Waals surface area (Å²) >= 11 is 7.74. The van der Waals surface area contributed by atoms with Crippen LogP contribution in [-0.4, -0.2) is 9.65 Å². The van der Waals surface area contributed by atoms with Crippen LogP contribution >= 0.6 is 31.9 Å². The Morgan fingerprint density at radius 2 is 1.48 bits per heavy atom. The van der Waals surface area contributed by atoms with Crippen molar-refractivity contribution in [1.29, 1.82) is 0 Å². The lowest BCUT2D eigenvalue weighted by Gasteiger charge is -2.38. The highest BCUT2D eigenvalue weighted by Crippen LogP contribution is 2.65. The van der Waals surface area contributed by atoms with Crippen LogP contribution in [0.15, 0.2) is 34.9 Å². The molecule has 0 radical (unpaired) electrons. The highest BCUT2D eigenvalue weighted by atomic mass is 79.9. The number of rotatable bonds is 0. The Balaban J connectivity index is 1.57. The summed E-state index contributed by atoms with van der Waals surface area (Å²) in [6.45, 7) is 7.58. The molecule has 0 N–H and O–H groups in total. The molecule has 0 aromatic heterocycles. The highest BCUT2D eigenvalue weighted by molar-refractivity contribution is 9.09. The number of hydrogen-bond donors (Lipinski definition) is 0. The van der Waals surface area contributed by atoms with Gasteiger partial charge in [-0.05, 0) is 73.0 Å². The molecule has 25 heavy (non-hydrogen) atoms. The third-order valence-electron chi connectivity index (χ3n) is 8.48. The summed E-state index contributed by atoms with van der Waals surface area (Å²) in [6, 6.07) is 0. The van der Waals surface area contributed by atoms with E-state index in [4.69, 9.17) is 0 Å². The Morgan fingerprint density at radius 1 is 0.840 bits per heavy atom. The molecule has 8 atom stereocenters. The maximum atomic E-state index is 3.88. The molecule has 2 heteroatoms. The van der Waals surface area contributed by atoms with Gasteiger partial charge in [-0.3, -0.25) is 0 Å². The molecule has 0 aromatic rings. The first-order valence-electron chi connectivity index (χ1n) is 10.3. The molecule has 0 heterocycles. The number of alkyl halides is 2. The second-order valence-corrected chi connectivity index (χ2v) is 12.2. The Kier molecular flexibility index (Phi) is 4.04. The molecule has 5 rings (SSSR count). The van der Waals surface area contributed by atoms with E-state index in [9.17, 15) is 0 Å². The van der Waals surface area contributed by atoms with Gasteiger partial charge in [-0.2, -0.15) is 0 Å². The average Bonchev–Trinajstić information content (AvgIpc) is 2.97. The van der Waals surface area contributed by atoms with Crippen molar-refractivity contribution in [2.75, 3.05) is 0 Å². The molecular formula is C23H30Br2. The van der Waals surface area contributed by atoms with Gasteiger partial charge in [-0.15, -0.1) is 0 Å². The Hall–Kier alpha value is 0.180. The van der Waals surface area contributed by atoms with Crippen LogP contribution < -0.4 is 0 Å². The summed E-state index contributed by atoms with van der Waals surface area (Å²) in [5.74, 6) is 4.84. The van der Waals surface area contributed by atoms with Gasteiger partial charge in [0.25, 0.3) is 0 Å². The first kappa shape index (κ1) is 17.3. The number of fused-ring (bicyclic) bond motifs is 6. The molecular weight excluding hydrogens is 436 g/mol. The lowest BCUT2D eigenvalue weighted by molar-refractivity contribution is 0.185. The van der Waals surface area contributed by atoms with E-state index in [2.05, 4.69) is 70.9 Å². The van der Waals surface area contributed by atoms with Gasteiger partial charge in [-0.25, -0.2) is 0 Å². The largest absolute Gasteiger partial charge is 0.0845 e. The van der Waals surface area contributed by atoms with Crippen LogP contribution in [0, 0.1) is 40.9 Å². The van der Waals surface area contributed by atoms with E-state index in [0.29, 0.717) is 21.0 Å². The minimum absolute atomic E-state index is 0.381. The van der Waals surface area contributed by atoms with Gasteiger partial charge in [0, 0.05) is 9.65 Å². The molecule has 0 saturated heterocycles. The van der Waals surface area contributed by atoms with Crippen LogP contribution in [0.5, 0.6) is 0 Å². The van der Waals surface area contributed by atoms with Crippen LogP contribution in [0.4, 0.5) is 0 Å². The predicted molar refractivity (Wildman–Crippen MR) is 113 cm³/mol. The van der Waals surface area contributed by atoms with E-state index >= 15 is 0 Å².